The van der Waals surface area contributed by atoms with Gasteiger partial charge in [-0.05, 0) is 67.9 Å². The van der Waals surface area contributed by atoms with E-state index in [1.54, 1.807) is 36.4 Å². The fourth-order valence-electron chi connectivity index (χ4n) is 2.92. The Kier molecular flexibility index (Phi) is 6.81. The highest BCUT2D eigenvalue weighted by Crippen LogP contribution is 2.22. The van der Waals surface area contributed by atoms with Crippen molar-refractivity contribution in [3.63, 3.8) is 0 Å². The molecule has 0 aliphatic rings. The molecule has 31 heavy (non-hydrogen) atoms. The van der Waals surface area contributed by atoms with Crippen LogP contribution in [0.2, 0.25) is 0 Å². The van der Waals surface area contributed by atoms with Gasteiger partial charge in [0.25, 0.3) is 15.9 Å². The molecule has 0 spiro atoms. The van der Waals surface area contributed by atoms with Gasteiger partial charge in [0.1, 0.15) is 11.5 Å². The van der Waals surface area contributed by atoms with Crippen molar-refractivity contribution in [2.75, 3.05) is 23.8 Å². The van der Waals surface area contributed by atoms with E-state index in [0.717, 1.165) is 11.1 Å². The van der Waals surface area contributed by atoms with Gasteiger partial charge in [0.05, 0.1) is 12.0 Å². The summed E-state index contributed by atoms with van der Waals surface area (Å²) in [6, 6.07) is 18.2. The molecule has 0 fully saturated rings. The number of hydrogen-bond acceptors (Lipinski definition) is 5. The highest BCUT2D eigenvalue weighted by Gasteiger charge is 2.15. The summed E-state index contributed by atoms with van der Waals surface area (Å²) in [4.78, 5) is 12.3. The highest BCUT2D eigenvalue weighted by atomic mass is 32.2. The minimum Gasteiger partial charge on any atom is -0.497 e. The van der Waals surface area contributed by atoms with Crippen LogP contribution in [0.25, 0.3) is 0 Å². The molecule has 0 radical (unpaired) electrons. The maximum Gasteiger partial charge on any atom is 0.262 e. The topological polar surface area (TPSA) is 93.7 Å². The number of ether oxygens (including phenoxy) is 2. The molecular formula is C23H24N2O5S. The van der Waals surface area contributed by atoms with Crippen molar-refractivity contribution >= 4 is 27.3 Å². The number of hydrogen-bond donors (Lipinski definition) is 2. The Balaban J connectivity index is 1.65. The van der Waals surface area contributed by atoms with Crippen molar-refractivity contribution in [1.82, 2.24) is 0 Å². The van der Waals surface area contributed by atoms with Crippen LogP contribution in [0.4, 0.5) is 11.4 Å². The molecule has 0 aromatic heterocycles. The van der Waals surface area contributed by atoms with Gasteiger partial charge < -0.3 is 14.8 Å². The third kappa shape index (κ3) is 5.99. The summed E-state index contributed by atoms with van der Waals surface area (Å²) in [5, 5.41) is 2.66. The molecule has 0 aliphatic carbocycles. The number of amides is 1. The average Bonchev–Trinajstić information content (AvgIpc) is 2.73. The number of benzene rings is 3. The number of aryl methyl sites for hydroxylation is 2. The summed E-state index contributed by atoms with van der Waals surface area (Å²) >= 11 is 0. The predicted molar refractivity (Wildman–Crippen MR) is 120 cm³/mol. The van der Waals surface area contributed by atoms with Crippen LogP contribution >= 0.6 is 0 Å². The molecule has 7 nitrogen and oxygen atoms in total. The van der Waals surface area contributed by atoms with E-state index in [9.17, 15) is 13.2 Å². The first-order valence-corrected chi connectivity index (χ1v) is 11.0. The molecule has 162 valence electrons. The van der Waals surface area contributed by atoms with Crippen molar-refractivity contribution in [3.8, 4) is 11.5 Å². The molecule has 8 heteroatoms. The molecule has 0 saturated heterocycles. The van der Waals surface area contributed by atoms with Crippen LogP contribution in [-0.4, -0.2) is 28.0 Å². The zero-order chi connectivity index (χ0) is 22.4. The molecule has 0 saturated carbocycles. The van der Waals surface area contributed by atoms with Crippen LogP contribution in [0.1, 0.15) is 11.1 Å². The van der Waals surface area contributed by atoms with E-state index in [-0.39, 0.29) is 11.5 Å². The van der Waals surface area contributed by atoms with Crippen molar-refractivity contribution in [2.45, 2.75) is 18.7 Å². The van der Waals surface area contributed by atoms with Crippen molar-refractivity contribution in [1.29, 1.82) is 0 Å². The SMILES string of the molecule is COc1ccc(NS(=O)(=O)c2cccc(NC(=O)COc3ccc(C)cc3C)c2)cc1. The number of carbonyl (C=O) groups is 1. The lowest BCUT2D eigenvalue weighted by Gasteiger charge is -2.12. The van der Waals surface area contributed by atoms with Gasteiger partial charge in [-0.2, -0.15) is 0 Å². The van der Waals surface area contributed by atoms with Crippen LogP contribution < -0.4 is 19.5 Å². The molecule has 1 amide bonds. The van der Waals surface area contributed by atoms with Gasteiger partial charge in [0.15, 0.2) is 6.61 Å². The van der Waals surface area contributed by atoms with Crippen LogP contribution in [-0.2, 0) is 14.8 Å². The summed E-state index contributed by atoms with van der Waals surface area (Å²) < 4.78 is 38.5. The van der Waals surface area contributed by atoms with Crippen LogP contribution in [0, 0.1) is 13.8 Å². The molecule has 2 N–H and O–H groups in total. The lowest BCUT2D eigenvalue weighted by atomic mass is 10.1. The van der Waals surface area contributed by atoms with Gasteiger partial charge in [-0.3, -0.25) is 9.52 Å². The van der Waals surface area contributed by atoms with E-state index < -0.39 is 15.9 Å². The zero-order valence-electron chi connectivity index (χ0n) is 17.5. The molecule has 3 rings (SSSR count). The summed E-state index contributed by atoms with van der Waals surface area (Å²) in [5.41, 5.74) is 2.80. The van der Waals surface area contributed by atoms with E-state index in [2.05, 4.69) is 10.0 Å². The fraction of sp³-hybridized carbons (Fsp3) is 0.174. The predicted octanol–water partition coefficient (Wildman–Crippen LogP) is 4.13. The lowest BCUT2D eigenvalue weighted by Crippen LogP contribution is -2.21. The minimum atomic E-state index is -3.83. The summed E-state index contributed by atoms with van der Waals surface area (Å²) in [6.45, 7) is 3.70. The van der Waals surface area contributed by atoms with Crippen molar-refractivity contribution in [2.24, 2.45) is 0 Å². The Labute approximate surface area is 182 Å². The first-order chi connectivity index (χ1) is 14.8. The number of carbonyl (C=O) groups excluding carboxylic acids is 1. The Morgan fingerprint density at radius 2 is 1.68 bits per heavy atom. The van der Waals surface area contributed by atoms with Crippen LogP contribution in [0.3, 0.4) is 0 Å². The molecule has 3 aromatic carbocycles. The summed E-state index contributed by atoms with van der Waals surface area (Å²) in [6.07, 6.45) is 0. The number of rotatable bonds is 8. The second-order valence-electron chi connectivity index (χ2n) is 6.97. The first-order valence-electron chi connectivity index (χ1n) is 9.54. The van der Waals surface area contributed by atoms with Gasteiger partial charge in [0.2, 0.25) is 0 Å². The maximum absolute atomic E-state index is 12.7. The average molecular weight is 441 g/mol. The molecule has 3 aromatic rings. The quantitative estimate of drug-likeness (QED) is 0.549. The van der Waals surface area contributed by atoms with E-state index in [0.29, 0.717) is 22.9 Å². The maximum atomic E-state index is 12.7. The first kappa shape index (κ1) is 22.2. The van der Waals surface area contributed by atoms with Gasteiger partial charge in [0, 0.05) is 11.4 Å². The summed E-state index contributed by atoms with van der Waals surface area (Å²) in [5.74, 6) is 0.856. The largest absolute Gasteiger partial charge is 0.497 e. The Bertz CT molecular complexity index is 1170. The highest BCUT2D eigenvalue weighted by molar-refractivity contribution is 7.92. The lowest BCUT2D eigenvalue weighted by molar-refractivity contribution is -0.118. The van der Waals surface area contributed by atoms with Crippen molar-refractivity contribution in [3.05, 3.63) is 77.9 Å². The van der Waals surface area contributed by atoms with E-state index >= 15 is 0 Å². The van der Waals surface area contributed by atoms with Gasteiger partial charge >= 0.3 is 0 Å². The van der Waals surface area contributed by atoms with E-state index in [1.165, 1.54) is 19.2 Å². The summed E-state index contributed by atoms with van der Waals surface area (Å²) in [7, 11) is -2.30. The number of methoxy groups -OCH3 is 1. The van der Waals surface area contributed by atoms with E-state index in [1.807, 2.05) is 32.0 Å². The molecule has 0 bridgehead atoms. The molecular weight excluding hydrogens is 416 g/mol. The normalized spacial score (nSPS) is 10.9. The van der Waals surface area contributed by atoms with Gasteiger partial charge in [-0.15, -0.1) is 0 Å². The van der Waals surface area contributed by atoms with Crippen LogP contribution in [0.5, 0.6) is 11.5 Å². The van der Waals surface area contributed by atoms with E-state index in [4.69, 9.17) is 9.47 Å². The fourth-order valence-corrected chi connectivity index (χ4v) is 4.02. The molecule has 0 aliphatic heterocycles. The standard InChI is InChI=1S/C23H24N2O5S/c1-16-7-12-22(17(2)13-16)30-15-23(26)24-19-5-4-6-21(14-19)31(27,28)25-18-8-10-20(29-3)11-9-18/h4-14,25H,15H2,1-3H3,(H,24,26). The van der Waals surface area contributed by atoms with Crippen LogP contribution in [0.15, 0.2) is 71.6 Å². The number of nitrogens with one attached hydrogen (secondary N) is 2. The monoisotopic (exact) mass is 440 g/mol. The third-order valence-corrected chi connectivity index (χ3v) is 5.84. The Morgan fingerprint density at radius 3 is 2.35 bits per heavy atom. The third-order valence-electron chi connectivity index (χ3n) is 4.46. The number of anilines is 2. The molecule has 0 atom stereocenters. The molecule has 0 unspecified atom stereocenters. The van der Waals surface area contributed by atoms with Crippen molar-refractivity contribution < 1.29 is 22.7 Å². The minimum absolute atomic E-state index is 0.0245. The van der Waals surface area contributed by atoms with Gasteiger partial charge in [-0.1, -0.05) is 23.8 Å². The zero-order valence-corrected chi connectivity index (χ0v) is 18.3. The second-order valence-corrected chi connectivity index (χ2v) is 8.65. The molecule has 0 heterocycles. The Hall–Kier alpha value is -3.52. The van der Waals surface area contributed by atoms with Gasteiger partial charge in [-0.25, -0.2) is 8.42 Å². The Morgan fingerprint density at radius 1 is 0.935 bits per heavy atom. The second kappa shape index (κ2) is 9.53. The number of sulfonamides is 1. The smallest absolute Gasteiger partial charge is 0.262 e.